The number of hydrogen-bond donors (Lipinski definition) is 2. The molecule has 5 rings (SSSR count). The van der Waals surface area contributed by atoms with E-state index >= 15 is 0 Å². The number of ether oxygens (including phenoxy) is 1. The topological polar surface area (TPSA) is 88.8 Å². The summed E-state index contributed by atoms with van der Waals surface area (Å²) in [4.78, 5) is 25.6. The summed E-state index contributed by atoms with van der Waals surface area (Å²) in [6.45, 7) is 5.45. The van der Waals surface area contributed by atoms with Crippen molar-refractivity contribution >= 4 is 11.8 Å². The summed E-state index contributed by atoms with van der Waals surface area (Å²) in [5.41, 5.74) is 0.781. The third kappa shape index (κ3) is 6.28. The van der Waals surface area contributed by atoms with E-state index in [-0.39, 0.29) is 23.5 Å². The van der Waals surface area contributed by atoms with Gasteiger partial charge in [-0.3, -0.25) is 5.32 Å². The molecule has 3 saturated carbocycles. The van der Waals surface area contributed by atoms with E-state index in [2.05, 4.69) is 5.32 Å². The van der Waals surface area contributed by atoms with Gasteiger partial charge in [0.05, 0.1) is 5.56 Å². The van der Waals surface area contributed by atoms with Crippen LogP contribution in [0, 0.1) is 17.8 Å². The lowest BCUT2D eigenvalue weighted by atomic mass is 9.86. The highest BCUT2D eigenvalue weighted by atomic mass is 16.6. The van der Waals surface area contributed by atoms with Crippen LogP contribution in [-0.2, 0) is 4.74 Å². The summed E-state index contributed by atoms with van der Waals surface area (Å²) in [5.74, 6) is 2.34. The fourth-order valence-electron chi connectivity index (χ4n) is 5.17. The molecule has 0 radical (unpaired) electrons. The average molecular weight is 480 g/mol. The quantitative estimate of drug-likeness (QED) is 0.408. The van der Waals surface area contributed by atoms with Crippen molar-refractivity contribution in [1.82, 2.24) is 0 Å². The number of benzene rings is 1. The first-order valence-electron chi connectivity index (χ1n) is 13.1. The summed E-state index contributed by atoms with van der Waals surface area (Å²) in [6.07, 6.45) is 8.56. The van der Waals surface area contributed by atoms with Crippen molar-refractivity contribution < 1.29 is 19.1 Å². The minimum atomic E-state index is -0.596. The predicted molar refractivity (Wildman–Crippen MR) is 135 cm³/mol. The van der Waals surface area contributed by atoms with Gasteiger partial charge in [0.2, 0.25) is 0 Å². The first-order chi connectivity index (χ1) is 16.7. The molecule has 0 bridgehead atoms. The Bertz CT molecular complexity index is 1120. The molecule has 1 aromatic heterocycles. The molecule has 1 heterocycles. The zero-order valence-corrected chi connectivity index (χ0v) is 21.0. The van der Waals surface area contributed by atoms with Crippen LogP contribution in [0.3, 0.4) is 0 Å². The second-order valence-corrected chi connectivity index (χ2v) is 11.9. The van der Waals surface area contributed by atoms with Gasteiger partial charge < -0.3 is 14.3 Å². The van der Waals surface area contributed by atoms with Crippen molar-refractivity contribution in [3.05, 3.63) is 57.6 Å². The Morgan fingerprint density at radius 1 is 1.09 bits per heavy atom. The maximum atomic E-state index is 13.3. The monoisotopic (exact) mass is 479 g/mol. The number of anilines is 1. The van der Waals surface area contributed by atoms with Gasteiger partial charge in [0.15, 0.2) is 0 Å². The fraction of sp³-hybridized carbons (Fsp3) is 0.586. The molecule has 2 aromatic rings. The number of nitrogens with one attached hydrogen (secondary N) is 1. The van der Waals surface area contributed by atoms with Crippen molar-refractivity contribution in [3.8, 4) is 5.75 Å². The van der Waals surface area contributed by atoms with Crippen molar-refractivity contribution in [2.45, 2.75) is 89.6 Å². The van der Waals surface area contributed by atoms with Crippen LogP contribution in [0.1, 0.15) is 101 Å². The lowest BCUT2D eigenvalue weighted by Crippen LogP contribution is -2.27. The highest BCUT2D eigenvalue weighted by Gasteiger charge is 2.39. The SMILES string of the molecule is CC(C)(C)OC(=O)Nc1cccc(C(c2c(O)cc(C(CC3CC3)CC3CC3)oc2=O)C2CC2)c1. The minimum absolute atomic E-state index is 0.0373. The van der Waals surface area contributed by atoms with Gasteiger partial charge in [0.25, 0.3) is 0 Å². The molecule has 6 heteroatoms. The average Bonchev–Trinajstić information content (AvgIpc) is 3.61. The lowest BCUT2D eigenvalue weighted by molar-refractivity contribution is 0.0636. The molecule has 0 saturated heterocycles. The normalized spacial score (nSPS) is 19.0. The maximum absolute atomic E-state index is 13.3. The Kier molecular flexibility index (Phi) is 6.41. The molecule has 1 amide bonds. The molecule has 1 aromatic carbocycles. The smallest absolute Gasteiger partial charge is 0.412 e. The molecule has 188 valence electrons. The van der Waals surface area contributed by atoms with Gasteiger partial charge in [-0.15, -0.1) is 0 Å². The lowest BCUT2D eigenvalue weighted by Gasteiger charge is -2.22. The van der Waals surface area contributed by atoms with Crippen LogP contribution in [0.5, 0.6) is 5.75 Å². The highest BCUT2D eigenvalue weighted by molar-refractivity contribution is 5.85. The van der Waals surface area contributed by atoms with Crippen LogP contribution >= 0.6 is 0 Å². The van der Waals surface area contributed by atoms with E-state index in [1.807, 2.05) is 39.0 Å². The molecule has 2 N–H and O–H groups in total. The van der Waals surface area contributed by atoms with Gasteiger partial charge in [-0.1, -0.05) is 37.8 Å². The Labute approximate surface area is 207 Å². The van der Waals surface area contributed by atoms with Gasteiger partial charge in [0.1, 0.15) is 17.1 Å². The van der Waals surface area contributed by atoms with Gasteiger partial charge in [-0.05, 0) is 81.9 Å². The minimum Gasteiger partial charge on any atom is -0.507 e. The van der Waals surface area contributed by atoms with Gasteiger partial charge in [-0.2, -0.15) is 0 Å². The van der Waals surface area contributed by atoms with E-state index in [0.717, 1.165) is 43.1 Å². The molecule has 0 aliphatic heterocycles. The largest absolute Gasteiger partial charge is 0.507 e. The zero-order chi connectivity index (χ0) is 24.7. The van der Waals surface area contributed by atoms with Crippen LogP contribution in [-0.4, -0.2) is 16.8 Å². The molecule has 1 unspecified atom stereocenters. The first-order valence-corrected chi connectivity index (χ1v) is 13.1. The van der Waals surface area contributed by atoms with E-state index < -0.39 is 17.3 Å². The second kappa shape index (κ2) is 9.36. The van der Waals surface area contributed by atoms with Crippen molar-refractivity contribution in [3.63, 3.8) is 0 Å². The summed E-state index contributed by atoms with van der Waals surface area (Å²) < 4.78 is 11.3. The van der Waals surface area contributed by atoms with E-state index in [4.69, 9.17) is 9.15 Å². The Balaban J connectivity index is 1.41. The molecule has 1 atom stereocenters. The summed E-state index contributed by atoms with van der Waals surface area (Å²) in [5, 5.41) is 13.9. The number of amides is 1. The van der Waals surface area contributed by atoms with Gasteiger partial charge >= 0.3 is 11.7 Å². The number of hydrogen-bond acceptors (Lipinski definition) is 5. The maximum Gasteiger partial charge on any atom is 0.412 e. The Morgan fingerprint density at radius 2 is 1.74 bits per heavy atom. The van der Waals surface area contributed by atoms with E-state index in [0.29, 0.717) is 17.0 Å². The number of carbonyl (C=O) groups excluding carboxylic acids is 1. The highest BCUT2D eigenvalue weighted by Crippen LogP contribution is 2.49. The Morgan fingerprint density at radius 3 is 2.29 bits per heavy atom. The van der Waals surface area contributed by atoms with Crippen LogP contribution in [0.4, 0.5) is 10.5 Å². The number of aromatic hydroxyl groups is 1. The van der Waals surface area contributed by atoms with E-state index in [9.17, 15) is 14.7 Å². The van der Waals surface area contributed by atoms with E-state index in [1.54, 1.807) is 12.1 Å². The Hall–Kier alpha value is -2.76. The number of rotatable bonds is 9. The van der Waals surface area contributed by atoms with Crippen molar-refractivity contribution in [1.29, 1.82) is 0 Å². The standard InChI is InChI=1S/C29H37NO5/c1-29(2,3)35-28(33)30-22-6-4-5-20(15-22)25(19-11-12-19)26-23(31)16-24(34-27(26)32)21(13-17-7-8-17)14-18-9-10-18/h4-6,15-19,21,25,31H,7-14H2,1-3H3,(H,30,33). The third-order valence-electron chi connectivity index (χ3n) is 7.31. The first kappa shape index (κ1) is 24.0. The molecule has 3 aliphatic carbocycles. The second-order valence-electron chi connectivity index (χ2n) is 11.9. The van der Waals surface area contributed by atoms with Crippen LogP contribution in [0.2, 0.25) is 0 Å². The predicted octanol–water partition coefficient (Wildman–Crippen LogP) is 6.92. The summed E-state index contributed by atoms with van der Waals surface area (Å²) in [7, 11) is 0. The van der Waals surface area contributed by atoms with Gasteiger partial charge in [-0.25, -0.2) is 9.59 Å². The summed E-state index contributed by atoms with van der Waals surface area (Å²) in [6, 6.07) is 9.17. The molecular formula is C29H37NO5. The fourth-order valence-corrected chi connectivity index (χ4v) is 5.17. The van der Waals surface area contributed by atoms with Gasteiger partial charge in [0, 0.05) is 23.6 Å². The van der Waals surface area contributed by atoms with E-state index in [1.165, 1.54) is 25.7 Å². The third-order valence-corrected chi connectivity index (χ3v) is 7.31. The molecular weight excluding hydrogens is 442 g/mol. The van der Waals surface area contributed by atoms with Crippen LogP contribution < -0.4 is 10.9 Å². The molecule has 3 aliphatic rings. The molecule has 6 nitrogen and oxygen atoms in total. The van der Waals surface area contributed by atoms with Crippen molar-refractivity contribution in [2.24, 2.45) is 17.8 Å². The molecule has 3 fully saturated rings. The molecule has 35 heavy (non-hydrogen) atoms. The van der Waals surface area contributed by atoms with Crippen LogP contribution in [0.25, 0.3) is 0 Å². The molecule has 0 spiro atoms. The van der Waals surface area contributed by atoms with Crippen LogP contribution in [0.15, 0.2) is 39.5 Å². The zero-order valence-electron chi connectivity index (χ0n) is 21.0. The van der Waals surface area contributed by atoms with Crippen molar-refractivity contribution in [2.75, 3.05) is 5.32 Å². The summed E-state index contributed by atoms with van der Waals surface area (Å²) >= 11 is 0. The number of carbonyl (C=O) groups is 1.